The van der Waals surface area contributed by atoms with Crippen LogP contribution >= 0.6 is 0 Å². The van der Waals surface area contributed by atoms with Gasteiger partial charge in [-0.25, -0.2) is 4.98 Å². The van der Waals surface area contributed by atoms with Gasteiger partial charge in [-0.05, 0) is 55.8 Å². The van der Waals surface area contributed by atoms with Crippen LogP contribution in [0, 0.1) is 6.92 Å². The highest BCUT2D eigenvalue weighted by Gasteiger charge is 2.18. The molecule has 4 rings (SSSR count). The summed E-state index contributed by atoms with van der Waals surface area (Å²) in [6.07, 6.45) is 1.67. The zero-order valence-corrected chi connectivity index (χ0v) is 15.7. The van der Waals surface area contributed by atoms with Gasteiger partial charge in [-0.15, -0.1) is 0 Å². The maximum absolute atomic E-state index is 12.8. The molecule has 0 spiro atoms. The maximum atomic E-state index is 12.8. The second-order valence-corrected chi connectivity index (χ2v) is 6.72. The molecule has 1 N–H and O–H groups in total. The molecular weight excluding hydrogens is 356 g/mol. The number of anilines is 1. The number of carbonyl (C=O) groups excluding carboxylic acids is 2. The predicted octanol–water partition coefficient (Wildman–Crippen LogP) is 2.95. The van der Waals surface area contributed by atoms with E-state index in [0.717, 1.165) is 5.56 Å². The summed E-state index contributed by atoms with van der Waals surface area (Å²) < 4.78 is 3.10. The van der Waals surface area contributed by atoms with Gasteiger partial charge in [0, 0.05) is 24.5 Å². The molecule has 0 atom stereocenters. The minimum Gasteiger partial charge on any atom is -0.324 e. The van der Waals surface area contributed by atoms with Crippen molar-refractivity contribution in [2.45, 2.75) is 13.8 Å². The van der Waals surface area contributed by atoms with Crippen molar-refractivity contribution in [1.82, 2.24) is 14.0 Å². The molecule has 1 aromatic carbocycles. The van der Waals surface area contributed by atoms with E-state index in [4.69, 9.17) is 0 Å². The van der Waals surface area contributed by atoms with Gasteiger partial charge in [-0.3, -0.25) is 18.8 Å². The number of rotatable bonds is 3. The molecule has 0 saturated heterocycles. The molecule has 0 bridgehead atoms. The highest BCUT2D eigenvalue weighted by Crippen LogP contribution is 2.18. The molecule has 3 heterocycles. The SMILES string of the molecule is CC(=O)c1ccc(NC(=O)c2cc3c(=O)n4cccc(C)c4nc3n2C)cc1. The van der Waals surface area contributed by atoms with Gasteiger partial charge in [0.1, 0.15) is 17.0 Å². The summed E-state index contributed by atoms with van der Waals surface area (Å²) in [6, 6.07) is 11.9. The first kappa shape index (κ1) is 17.7. The number of pyridine rings is 1. The minimum atomic E-state index is -0.360. The Morgan fingerprint density at radius 3 is 2.46 bits per heavy atom. The molecular formula is C21H18N4O3. The second-order valence-electron chi connectivity index (χ2n) is 6.72. The third-order valence-corrected chi connectivity index (χ3v) is 4.81. The van der Waals surface area contributed by atoms with Crippen LogP contribution in [-0.2, 0) is 7.05 Å². The Hall–Kier alpha value is -3.74. The van der Waals surface area contributed by atoms with Crippen LogP contribution in [0.3, 0.4) is 0 Å². The Morgan fingerprint density at radius 2 is 1.79 bits per heavy atom. The van der Waals surface area contributed by atoms with Crippen LogP contribution in [0.2, 0.25) is 0 Å². The van der Waals surface area contributed by atoms with Crippen molar-refractivity contribution >= 4 is 34.1 Å². The van der Waals surface area contributed by atoms with E-state index >= 15 is 0 Å². The van der Waals surface area contributed by atoms with E-state index in [1.807, 2.05) is 13.0 Å². The predicted molar refractivity (Wildman–Crippen MR) is 107 cm³/mol. The summed E-state index contributed by atoms with van der Waals surface area (Å²) in [5.74, 6) is -0.401. The molecule has 0 unspecified atom stereocenters. The Balaban J connectivity index is 1.77. The van der Waals surface area contributed by atoms with Crippen molar-refractivity contribution < 1.29 is 9.59 Å². The number of hydrogen-bond donors (Lipinski definition) is 1. The Labute approximate surface area is 160 Å². The van der Waals surface area contributed by atoms with Gasteiger partial charge in [-0.1, -0.05) is 6.07 Å². The van der Waals surface area contributed by atoms with E-state index in [1.165, 1.54) is 11.3 Å². The van der Waals surface area contributed by atoms with Crippen LogP contribution in [0.5, 0.6) is 0 Å². The molecule has 3 aromatic heterocycles. The molecule has 140 valence electrons. The summed E-state index contributed by atoms with van der Waals surface area (Å²) in [5.41, 5.74) is 3.13. The van der Waals surface area contributed by atoms with Gasteiger partial charge in [0.25, 0.3) is 11.5 Å². The lowest BCUT2D eigenvalue weighted by Gasteiger charge is -2.07. The van der Waals surface area contributed by atoms with Crippen molar-refractivity contribution in [3.8, 4) is 0 Å². The van der Waals surface area contributed by atoms with Crippen LogP contribution in [0.25, 0.3) is 16.7 Å². The fourth-order valence-corrected chi connectivity index (χ4v) is 3.23. The molecule has 28 heavy (non-hydrogen) atoms. The lowest BCUT2D eigenvalue weighted by molar-refractivity contribution is 0.101. The van der Waals surface area contributed by atoms with Crippen molar-refractivity contribution in [3.05, 3.63) is 75.8 Å². The van der Waals surface area contributed by atoms with Gasteiger partial charge in [-0.2, -0.15) is 0 Å². The fourth-order valence-electron chi connectivity index (χ4n) is 3.23. The number of hydrogen-bond acceptors (Lipinski definition) is 4. The van der Waals surface area contributed by atoms with E-state index in [0.29, 0.717) is 33.6 Å². The van der Waals surface area contributed by atoms with E-state index in [-0.39, 0.29) is 17.2 Å². The van der Waals surface area contributed by atoms with Gasteiger partial charge in [0.05, 0.1) is 5.39 Å². The lowest BCUT2D eigenvalue weighted by atomic mass is 10.1. The summed E-state index contributed by atoms with van der Waals surface area (Å²) in [5, 5.41) is 3.17. The second kappa shape index (κ2) is 6.45. The minimum absolute atomic E-state index is 0.0412. The van der Waals surface area contributed by atoms with Crippen molar-refractivity contribution in [2.75, 3.05) is 5.32 Å². The first-order valence-corrected chi connectivity index (χ1v) is 8.76. The molecule has 0 aliphatic carbocycles. The molecule has 0 fully saturated rings. The normalized spacial score (nSPS) is 11.1. The van der Waals surface area contributed by atoms with E-state index in [1.54, 1.807) is 54.2 Å². The first-order chi connectivity index (χ1) is 13.4. The summed E-state index contributed by atoms with van der Waals surface area (Å²) >= 11 is 0. The number of nitrogens with zero attached hydrogens (tertiary/aromatic N) is 3. The fraction of sp³-hybridized carbons (Fsp3) is 0.143. The van der Waals surface area contributed by atoms with Crippen molar-refractivity contribution in [3.63, 3.8) is 0 Å². The van der Waals surface area contributed by atoms with Crippen LogP contribution in [0.15, 0.2) is 53.5 Å². The van der Waals surface area contributed by atoms with Crippen LogP contribution < -0.4 is 10.9 Å². The Bertz CT molecular complexity index is 1310. The van der Waals surface area contributed by atoms with Crippen LogP contribution in [0.4, 0.5) is 5.69 Å². The van der Waals surface area contributed by atoms with Gasteiger partial charge < -0.3 is 9.88 Å². The summed E-state index contributed by atoms with van der Waals surface area (Å²) in [6.45, 7) is 3.37. The molecule has 0 radical (unpaired) electrons. The van der Waals surface area contributed by atoms with Crippen LogP contribution in [-0.4, -0.2) is 25.6 Å². The first-order valence-electron chi connectivity index (χ1n) is 8.76. The molecule has 0 saturated carbocycles. The van der Waals surface area contributed by atoms with E-state index in [2.05, 4.69) is 10.3 Å². The summed E-state index contributed by atoms with van der Waals surface area (Å²) in [4.78, 5) is 41.6. The van der Waals surface area contributed by atoms with E-state index < -0.39 is 0 Å². The molecule has 0 aliphatic heterocycles. The number of Topliss-reactive ketones (excluding diaryl/α,β-unsaturated/α-hetero) is 1. The number of amides is 1. The molecule has 0 aliphatic rings. The average molecular weight is 374 g/mol. The number of fused-ring (bicyclic) bond motifs is 2. The number of carbonyl (C=O) groups is 2. The molecule has 7 heteroatoms. The number of aromatic nitrogens is 3. The Kier molecular flexibility index (Phi) is 4.07. The monoisotopic (exact) mass is 374 g/mol. The molecule has 4 aromatic rings. The lowest BCUT2D eigenvalue weighted by Crippen LogP contribution is -2.16. The Morgan fingerprint density at radius 1 is 1.07 bits per heavy atom. The third kappa shape index (κ3) is 2.77. The highest BCUT2D eigenvalue weighted by atomic mass is 16.2. The summed E-state index contributed by atoms with van der Waals surface area (Å²) in [7, 11) is 1.71. The zero-order valence-electron chi connectivity index (χ0n) is 15.7. The number of benzene rings is 1. The standard InChI is InChI=1S/C21H18N4O3/c1-12-5-4-10-25-18(12)23-19-16(21(25)28)11-17(24(19)3)20(27)22-15-8-6-14(7-9-15)13(2)26/h4-11H,1-3H3,(H,22,27). The zero-order chi connectivity index (χ0) is 20.0. The number of nitrogens with one attached hydrogen (secondary N) is 1. The highest BCUT2D eigenvalue weighted by molar-refractivity contribution is 6.06. The maximum Gasteiger partial charge on any atom is 0.272 e. The quantitative estimate of drug-likeness (QED) is 0.559. The van der Waals surface area contributed by atoms with Gasteiger partial charge in [0.2, 0.25) is 0 Å². The van der Waals surface area contributed by atoms with Gasteiger partial charge >= 0.3 is 0 Å². The molecule has 1 amide bonds. The van der Waals surface area contributed by atoms with Crippen molar-refractivity contribution in [2.24, 2.45) is 7.05 Å². The number of ketones is 1. The third-order valence-electron chi connectivity index (χ3n) is 4.81. The van der Waals surface area contributed by atoms with Crippen molar-refractivity contribution in [1.29, 1.82) is 0 Å². The molecule has 7 nitrogen and oxygen atoms in total. The van der Waals surface area contributed by atoms with Crippen LogP contribution in [0.1, 0.15) is 33.3 Å². The smallest absolute Gasteiger partial charge is 0.272 e. The van der Waals surface area contributed by atoms with Gasteiger partial charge in [0.15, 0.2) is 5.78 Å². The topological polar surface area (TPSA) is 85.5 Å². The number of aryl methyl sites for hydroxylation is 2. The van der Waals surface area contributed by atoms with E-state index in [9.17, 15) is 14.4 Å². The largest absolute Gasteiger partial charge is 0.324 e. The average Bonchev–Trinajstić information content (AvgIpc) is 3.00.